The molecule has 1 aliphatic carbocycles. The van der Waals surface area contributed by atoms with Crippen LogP contribution in [-0.4, -0.2) is 13.1 Å². The predicted octanol–water partition coefficient (Wildman–Crippen LogP) is 4.62. The van der Waals surface area contributed by atoms with Gasteiger partial charge < -0.3 is 5.32 Å². The maximum atomic E-state index is 3.66. The Bertz CT molecular complexity index is 257. The molecule has 2 fully saturated rings. The second kappa shape index (κ2) is 5.53. The monoisotopic (exact) mass is 251 g/mol. The summed E-state index contributed by atoms with van der Waals surface area (Å²) in [6.07, 6.45) is 10.1. The van der Waals surface area contributed by atoms with Gasteiger partial charge in [-0.2, -0.15) is 0 Å². The molecule has 1 aliphatic heterocycles. The highest BCUT2D eigenvalue weighted by Crippen LogP contribution is 2.57. The summed E-state index contributed by atoms with van der Waals surface area (Å²) < 4.78 is 0. The van der Waals surface area contributed by atoms with Gasteiger partial charge in [0.1, 0.15) is 0 Å². The second-order valence-corrected chi connectivity index (χ2v) is 7.84. The third-order valence-electron chi connectivity index (χ3n) is 5.73. The molecular weight excluding hydrogens is 218 g/mol. The lowest BCUT2D eigenvalue weighted by atomic mass is 9.50. The lowest BCUT2D eigenvalue weighted by Crippen LogP contribution is -2.53. The average molecular weight is 251 g/mol. The molecule has 0 amide bonds. The summed E-state index contributed by atoms with van der Waals surface area (Å²) in [6.45, 7) is 12.3. The number of rotatable bonds is 2. The van der Waals surface area contributed by atoms with Crippen molar-refractivity contribution in [2.45, 2.75) is 72.6 Å². The van der Waals surface area contributed by atoms with Crippen LogP contribution in [-0.2, 0) is 0 Å². The van der Waals surface area contributed by atoms with Gasteiger partial charge in [0.25, 0.3) is 0 Å². The normalized spacial score (nSPS) is 38.0. The van der Waals surface area contributed by atoms with Gasteiger partial charge >= 0.3 is 0 Å². The number of piperidine rings is 1. The zero-order chi connectivity index (χ0) is 13.2. The lowest BCUT2D eigenvalue weighted by Gasteiger charge is -2.56. The van der Waals surface area contributed by atoms with Gasteiger partial charge in [-0.05, 0) is 61.4 Å². The minimum atomic E-state index is 0.490. The quantitative estimate of drug-likeness (QED) is 0.755. The van der Waals surface area contributed by atoms with E-state index in [0.717, 1.165) is 11.8 Å². The van der Waals surface area contributed by atoms with Gasteiger partial charge in [0.2, 0.25) is 0 Å². The van der Waals surface area contributed by atoms with E-state index in [1.54, 1.807) is 0 Å². The first kappa shape index (κ1) is 14.4. The molecule has 2 rings (SSSR count). The Labute approximate surface area is 114 Å². The van der Waals surface area contributed by atoms with E-state index >= 15 is 0 Å². The third kappa shape index (κ3) is 2.61. The van der Waals surface area contributed by atoms with Gasteiger partial charge in [0, 0.05) is 0 Å². The zero-order valence-corrected chi connectivity index (χ0v) is 13.0. The van der Waals surface area contributed by atoms with Gasteiger partial charge in [-0.3, -0.25) is 0 Å². The van der Waals surface area contributed by atoms with E-state index in [-0.39, 0.29) is 0 Å². The SMILES string of the molecule is CCCC1CNCCC12CCCCC2C(C)(C)C. The maximum Gasteiger partial charge on any atom is -0.00151 e. The van der Waals surface area contributed by atoms with Crippen molar-refractivity contribution in [3.8, 4) is 0 Å². The van der Waals surface area contributed by atoms with E-state index in [1.807, 2.05) is 0 Å². The highest BCUT2D eigenvalue weighted by atomic mass is 14.9. The molecule has 2 aliphatic rings. The van der Waals surface area contributed by atoms with E-state index in [0.29, 0.717) is 10.8 Å². The maximum absolute atomic E-state index is 3.66. The topological polar surface area (TPSA) is 12.0 Å². The van der Waals surface area contributed by atoms with Crippen molar-refractivity contribution in [1.82, 2.24) is 5.32 Å². The standard InChI is InChI=1S/C17H33N/c1-5-8-14-13-18-12-11-17(14)10-7-6-9-15(17)16(2,3)4/h14-15,18H,5-13H2,1-4H3. The Kier molecular flexibility index (Phi) is 4.41. The molecule has 0 aromatic heterocycles. The van der Waals surface area contributed by atoms with Crippen LogP contribution >= 0.6 is 0 Å². The average Bonchev–Trinajstić information content (AvgIpc) is 2.32. The Hall–Kier alpha value is -0.0400. The molecule has 1 nitrogen and oxygen atoms in total. The van der Waals surface area contributed by atoms with Gasteiger partial charge in [0.05, 0.1) is 0 Å². The van der Waals surface area contributed by atoms with E-state index in [9.17, 15) is 0 Å². The van der Waals surface area contributed by atoms with Crippen LogP contribution in [0.5, 0.6) is 0 Å². The summed E-state index contributed by atoms with van der Waals surface area (Å²) in [6, 6.07) is 0. The van der Waals surface area contributed by atoms with Crippen LogP contribution in [0.2, 0.25) is 0 Å². The van der Waals surface area contributed by atoms with Crippen LogP contribution in [0, 0.1) is 22.7 Å². The molecule has 18 heavy (non-hydrogen) atoms. The van der Waals surface area contributed by atoms with Crippen molar-refractivity contribution in [2.24, 2.45) is 22.7 Å². The minimum absolute atomic E-state index is 0.490. The predicted molar refractivity (Wildman–Crippen MR) is 79.7 cm³/mol. The molecule has 0 radical (unpaired) electrons. The van der Waals surface area contributed by atoms with Crippen molar-refractivity contribution >= 4 is 0 Å². The summed E-state index contributed by atoms with van der Waals surface area (Å²) >= 11 is 0. The first-order valence-corrected chi connectivity index (χ1v) is 8.21. The van der Waals surface area contributed by atoms with Crippen LogP contribution in [0.25, 0.3) is 0 Å². The van der Waals surface area contributed by atoms with Gasteiger partial charge in [-0.25, -0.2) is 0 Å². The fourth-order valence-corrected chi connectivity index (χ4v) is 5.09. The molecule has 1 spiro atoms. The third-order valence-corrected chi connectivity index (χ3v) is 5.73. The first-order chi connectivity index (χ1) is 8.50. The van der Waals surface area contributed by atoms with E-state index in [2.05, 4.69) is 33.0 Å². The highest BCUT2D eigenvalue weighted by Gasteiger charge is 2.50. The lowest BCUT2D eigenvalue weighted by molar-refractivity contribution is -0.0593. The Morgan fingerprint density at radius 3 is 2.61 bits per heavy atom. The van der Waals surface area contributed by atoms with Crippen LogP contribution in [0.1, 0.15) is 72.6 Å². The minimum Gasteiger partial charge on any atom is -0.316 e. The molecule has 0 aromatic rings. The van der Waals surface area contributed by atoms with E-state index in [1.165, 1.54) is 58.0 Å². The molecule has 1 N–H and O–H groups in total. The van der Waals surface area contributed by atoms with Crippen molar-refractivity contribution in [3.63, 3.8) is 0 Å². The molecule has 3 unspecified atom stereocenters. The Morgan fingerprint density at radius 1 is 1.17 bits per heavy atom. The number of hydrogen-bond acceptors (Lipinski definition) is 1. The summed E-state index contributed by atoms with van der Waals surface area (Å²) in [5, 5.41) is 3.66. The molecule has 3 atom stereocenters. The fourth-order valence-electron chi connectivity index (χ4n) is 5.09. The molecule has 106 valence electrons. The van der Waals surface area contributed by atoms with Gasteiger partial charge in [0.15, 0.2) is 0 Å². The first-order valence-electron chi connectivity index (χ1n) is 8.21. The Balaban J connectivity index is 2.26. The molecular formula is C17H33N. The smallest absolute Gasteiger partial charge is 0.00151 e. The van der Waals surface area contributed by atoms with Crippen LogP contribution in [0.15, 0.2) is 0 Å². The summed E-state index contributed by atoms with van der Waals surface area (Å²) in [7, 11) is 0. The zero-order valence-electron chi connectivity index (χ0n) is 13.0. The van der Waals surface area contributed by atoms with Gasteiger partial charge in [-0.1, -0.05) is 47.0 Å². The van der Waals surface area contributed by atoms with Crippen LogP contribution < -0.4 is 5.32 Å². The van der Waals surface area contributed by atoms with Crippen molar-refractivity contribution in [3.05, 3.63) is 0 Å². The van der Waals surface area contributed by atoms with Crippen LogP contribution in [0.3, 0.4) is 0 Å². The molecule has 0 bridgehead atoms. The molecule has 1 heterocycles. The largest absolute Gasteiger partial charge is 0.316 e. The summed E-state index contributed by atoms with van der Waals surface area (Å²) in [5.74, 6) is 1.87. The number of nitrogens with one attached hydrogen (secondary N) is 1. The van der Waals surface area contributed by atoms with Crippen LogP contribution in [0.4, 0.5) is 0 Å². The highest BCUT2D eigenvalue weighted by molar-refractivity contribution is 5.01. The van der Waals surface area contributed by atoms with Crippen molar-refractivity contribution in [2.75, 3.05) is 13.1 Å². The van der Waals surface area contributed by atoms with E-state index < -0.39 is 0 Å². The van der Waals surface area contributed by atoms with Crippen molar-refractivity contribution < 1.29 is 0 Å². The number of hydrogen-bond donors (Lipinski definition) is 1. The summed E-state index contributed by atoms with van der Waals surface area (Å²) in [4.78, 5) is 0. The fraction of sp³-hybridized carbons (Fsp3) is 1.00. The molecule has 1 saturated heterocycles. The molecule has 0 aromatic carbocycles. The van der Waals surface area contributed by atoms with Crippen molar-refractivity contribution in [1.29, 1.82) is 0 Å². The Morgan fingerprint density at radius 2 is 1.94 bits per heavy atom. The molecule has 1 heteroatoms. The van der Waals surface area contributed by atoms with E-state index in [4.69, 9.17) is 0 Å². The summed E-state index contributed by atoms with van der Waals surface area (Å²) in [5.41, 5.74) is 1.15. The van der Waals surface area contributed by atoms with Gasteiger partial charge in [-0.15, -0.1) is 0 Å². The molecule has 1 saturated carbocycles. The second-order valence-electron chi connectivity index (χ2n) is 7.84.